The van der Waals surface area contributed by atoms with E-state index in [0.29, 0.717) is 5.13 Å². The minimum absolute atomic E-state index is 0.0815. The molecule has 0 fully saturated rings. The third kappa shape index (κ3) is 5.02. The highest BCUT2D eigenvalue weighted by atomic mass is 79.9. The van der Waals surface area contributed by atoms with E-state index in [1.807, 2.05) is 55.6 Å². The van der Waals surface area contributed by atoms with Gasteiger partial charge in [0.1, 0.15) is 0 Å². The summed E-state index contributed by atoms with van der Waals surface area (Å²) in [5.74, 6) is 0.435. The Kier molecular flexibility index (Phi) is 6.89. The average molecular weight is 472 g/mol. The third-order valence-electron chi connectivity index (χ3n) is 3.93. The molecule has 1 heterocycles. The van der Waals surface area contributed by atoms with Gasteiger partial charge in [0.05, 0.1) is 29.0 Å². The predicted octanol–water partition coefficient (Wildman–Crippen LogP) is 6.11. The van der Waals surface area contributed by atoms with Crippen molar-refractivity contribution < 1.29 is 4.79 Å². The zero-order valence-electron chi connectivity index (χ0n) is 15.5. The van der Waals surface area contributed by atoms with E-state index in [2.05, 4.69) is 28.1 Å². The molecule has 1 amide bonds. The molecule has 0 radical (unpaired) electrons. The number of aryl methyl sites for hydroxylation is 2. The van der Waals surface area contributed by atoms with Crippen molar-refractivity contribution in [2.45, 2.75) is 13.8 Å². The number of hydrogen-bond acceptors (Lipinski definition) is 5. The Hall–Kier alpha value is -2.14. The maximum absolute atomic E-state index is 13.0. The van der Waals surface area contributed by atoms with Crippen molar-refractivity contribution in [3.8, 4) is 17.3 Å². The number of halogens is 1. The van der Waals surface area contributed by atoms with E-state index in [0.717, 1.165) is 32.5 Å². The first-order valence-electron chi connectivity index (χ1n) is 8.55. The van der Waals surface area contributed by atoms with Crippen LogP contribution in [0.4, 0.5) is 10.8 Å². The molecule has 0 aliphatic heterocycles. The van der Waals surface area contributed by atoms with Crippen LogP contribution in [0.1, 0.15) is 11.1 Å². The van der Waals surface area contributed by atoms with Crippen LogP contribution >= 0.6 is 39.0 Å². The topological polar surface area (TPSA) is 57.0 Å². The number of amides is 1. The lowest BCUT2D eigenvalue weighted by Gasteiger charge is -2.21. The summed E-state index contributed by atoms with van der Waals surface area (Å²) in [6.45, 7) is 4.03. The predicted molar refractivity (Wildman–Crippen MR) is 121 cm³/mol. The van der Waals surface area contributed by atoms with Crippen LogP contribution in [0, 0.1) is 25.2 Å². The first-order chi connectivity index (χ1) is 13.5. The standard InChI is InChI=1S/C21H18BrN3OS2/c1-14-9-15(2)11-18(10-14)25(20(26)13-27-8-7-23)21-24-19(12-28-21)16-3-5-17(22)6-4-16/h3-6,9-12H,8,13H2,1-2H3. The van der Waals surface area contributed by atoms with Gasteiger partial charge >= 0.3 is 0 Å². The normalized spacial score (nSPS) is 10.5. The molecule has 3 aromatic rings. The largest absolute Gasteiger partial charge is 0.273 e. The maximum atomic E-state index is 13.0. The Bertz CT molecular complexity index is 1000. The molecule has 4 nitrogen and oxygen atoms in total. The molecule has 0 spiro atoms. The highest BCUT2D eigenvalue weighted by Crippen LogP contribution is 2.34. The lowest BCUT2D eigenvalue weighted by atomic mass is 10.1. The molecule has 0 aliphatic rings. The second-order valence-electron chi connectivity index (χ2n) is 6.25. The van der Waals surface area contributed by atoms with Gasteiger partial charge in [-0.2, -0.15) is 5.26 Å². The minimum Gasteiger partial charge on any atom is -0.273 e. The van der Waals surface area contributed by atoms with E-state index < -0.39 is 0 Å². The van der Waals surface area contributed by atoms with Gasteiger partial charge in [-0.25, -0.2) is 4.98 Å². The van der Waals surface area contributed by atoms with E-state index in [-0.39, 0.29) is 17.4 Å². The van der Waals surface area contributed by atoms with Gasteiger partial charge in [0, 0.05) is 15.4 Å². The fraction of sp³-hybridized carbons (Fsp3) is 0.190. The fourth-order valence-electron chi connectivity index (χ4n) is 2.81. The third-order valence-corrected chi connectivity index (χ3v) is 6.07. The highest BCUT2D eigenvalue weighted by molar-refractivity contribution is 9.10. The summed E-state index contributed by atoms with van der Waals surface area (Å²) in [5, 5.41) is 11.4. The summed E-state index contributed by atoms with van der Waals surface area (Å²) in [7, 11) is 0. The van der Waals surface area contributed by atoms with Crippen molar-refractivity contribution in [2.75, 3.05) is 16.4 Å². The number of nitrogens with zero attached hydrogens (tertiary/aromatic N) is 3. The monoisotopic (exact) mass is 471 g/mol. The highest BCUT2D eigenvalue weighted by Gasteiger charge is 2.22. The van der Waals surface area contributed by atoms with E-state index in [1.54, 1.807) is 4.90 Å². The fourth-order valence-corrected chi connectivity index (χ4v) is 4.44. The van der Waals surface area contributed by atoms with E-state index in [1.165, 1.54) is 23.1 Å². The molecule has 0 atom stereocenters. The van der Waals surface area contributed by atoms with E-state index in [4.69, 9.17) is 10.2 Å². The molecule has 1 aromatic heterocycles. The SMILES string of the molecule is Cc1cc(C)cc(N(C(=O)CSCC#N)c2nc(-c3ccc(Br)cc3)cs2)c1. The molecule has 3 rings (SSSR count). The van der Waals surface area contributed by atoms with Crippen LogP contribution in [0.3, 0.4) is 0 Å². The number of carbonyl (C=O) groups is 1. The van der Waals surface area contributed by atoms with Crippen LogP contribution < -0.4 is 4.90 Å². The molecule has 0 bridgehead atoms. The van der Waals surface area contributed by atoms with Crippen molar-refractivity contribution in [3.05, 3.63) is 63.4 Å². The summed E-state index contributed by atoms with van der Waals surface area (Å²) in [6, 6.07) is 16.0. The number of anilines is 2. The first kappa shape index (κ1) is 20.6. The smallest absolute Gasteiger partial charge is 0.243 e. The summed E-state index contributed by atoms with van der Waals surface area (Å²) in [5.41, 5.74) is 4.80. The number of thiazole rings is 1. The molecule has 0 saturated heterocycles. The van der Waals surface area contributed by atoms with Crippen LogP contribution in [0.2, 0.25) is 0 Å². The Morgan fingerprint density at radius 1 is 1.21 bits per heavy atom. The molecule has 0 N–H and O–H groups in total. The molecular formula is C21H18BrN3OS2. The summed E-state index contributed by atoms with van der Waals surface area (Å²) in [4.78, 5) is 19.4. The second-order valence-corrected chi connectivity index (χ2v) is 8.99. The lowest BCUT2D eigenvalue weighted by molar-refractivity contribution is -0.115. The van der Waals surface area contributed by atoms with Gasteiger partial charge in [-0.1, -0.05) is 34.1 Å². The van der Waals surface area contributed by atoms with Crippen molar-refractivity contribution >= 4 is 55.8 Å². The number of carbonyl (C=O) groups excluding carboxylic acids is 1. The number of nitriles is 1. The van der Waals surface area contributed by atoms with Crippen LogP contribution in [-0.2, 0) is 4.79 Å². The van der Waals surface area contributed by atoms with Gasteiger partial charge in [0.25, 0.3) is 0 Å². The zero-order chi connectivity index (χ0) is 20.1. The maximum Gasteiger partial charge on any atom is 0.243 e. The Morgan fingerprint density at radius 2 is 1.89 bits per heavy atom. The molecule has 0 saturated carbocycles. The van der Waals surface area contributed by atoms with Gasteiger partial charge < -0.3 is 0 Å². The zero-order valence-corrected chi connectivity index (χ0v) is 18.7. The number of aromatic nitrogens is 1. The van der Waals surface area contributed by atoms with Crippen molar-refractivity contribution in [1.29, 1.82) is 5.26 Å². The molecule has 2 aromatic carbocycles. The van der Waals surface area contributed by atoms with Crippen LogP contribution in [-0.4, -0.2) is 22.4 Å². The second kappa shape index (κ2) is 9.37. The van der Waals surface area contributed by atoms with Gasteiger partial charge in [0.15, 0.2) is 5.13 Å². The van der Waals surface area contributed by atoms with Crippen LogP contribution in [0.5, 0.6) is 0 Å². The number of rotatable bonds is 6. The van der Waals surface area contributed by atoms with Crippen molar-refractivity contribution in [3.63, 3.8) is 0 Å². The average Bonchev–Trinajstić information content (AvgIpc) is 3.11. The molecule has 142 valence electrons. The van der Waals surface area contributed by atoms with Crippen molar-refractivity contribution in [1.82, 2.24) is 4.98 Å². The number of benzene rings is 2. The molecular weight excluding hydrogens is 454 g/mol. The number of hydrogen-bond donors (Lipinski definition) is 0. The van der Waals surface area contributed by atoms with Crippen molar-refractivity contribution in [2.24, 2.45) is 0 Å². The van der Waals surface area contributed by atoms with Gasteiger partial charge in [-0.3, -0.25) is 9.69 Å². The quantitative estimate of drug-likeness (QED) is 0.406. The van der Waals surface area contributed by atoms with Crippen LogP contribution in [0.25, 0.3) is 11.3 Å². The summed E-state index contributed by atoms with van der Waals surface area (Å²) in [6.07, 6.45) is 0. The van der Waals surface area contributed by atoms with Gasteiger partial charge in [0.2, 0.25) is 5.91 Å². The Labute approximate surface area is 181 Å². The molecule has 28 heavy (non-hydrogen) atoms. The van der Waals surface area contributed by atoms with E-state index in [9.17, 15) is 4.79 Å². The Morgan fingerprint density at radius 3 is 2.54 bits per heavy atom. The molecule has 0 unspecified atom stereocenters. The molecule has 7 heteroatoms. The van der Waals surface area contributed by atoms with Gasteiger partial charge in [-0.15, -0.1) is 23.1 Å². The minimum atomic E-state index is -0.0815. The first-order valence-corrected chi connectivity index (χ1v) is 11.4. The van der Waals surface area contributed by atoms with E-state index >= 15 is 0 Å². The van der Waals surface area contributed by atoms with Crippen LogP contribution in [0.15, 0.2) is 52.3 Å². The summed E-state index contributed by atoms with van der Waals surface area (Å²) < 4.78 is 1.01. The lowest BCUT2D eigenvalue weighted by Crippen LogP contribution is -2.27. The summed E-state index contributed by atoms with van der Waals surface area (Å²) >= 11 is 6.19. The number of thioether (sulfide) groups is 1. The molecule has 0 aliphatic carbocycles. The van der Waals surface area contributed by atoms with Gasteiger partial charge in [-0.05, 0) is 49.2 Å². The Balaban J connectivity index is 1.98.